The standard InChI is InChI=1S/C18H25N3O/c1-3-21-18-16(6-4-5-13-19-18)17(20-21)12-9-14-7-10-15(22-2)11-8-14/h7-8,10-11,19H,3-6,9,12-13H2,1-2H3. The fourth-order valence-corrected chi connectivity index (χ4v) is 3.13. The average Bonchev–Trinajstić information content (AvgIpc) is 2.73. The van der Waals surface area contributed by atoms with Crippen molar-refractivity contribution in [1.82, 2.24) is 9.78 Å². The summed E-state index contributed by atoms with van der Waals surface area (Å²) in [7, 11) is 1.70. The number of nitrogens with zero attached hydrogens (tertiary/aromatic N) is 2. The summed E-state index contributed by atoms with van der Waals surface area (Å²) in [5.41, 5.74) is 4.04. The molecule has 118 valence electrons. The molecule has 22 heavy (non-hydrogen) atoms. The number of anilines is 1. The van der Waals surface area contributed by atoms with E-state index in [0.717, 1.165) is 38.1 Å². The van der Waals surface area contributed by atoms with Crippen LogP contribution < -0.4 is 10.1 Å². The molecule has 0 radical (unpaired) electrons. The van der Waals surface area contributed by atoms with Crippen molar-refractivity contribution in [2.24, 2.45) is 0 Å². The monoisotopic (exact) mass is 299 g/mol. The van der Waals surface area contributed by atoms with Crippen LogP contribution in [-0.4, -0.2) is 23.4 Å². The van der Waals surface area contributed by atoms with Crippen molar-refractivity contribution in [3.8, 4) is 5.75 Å². The maximum Gasteiger partial charge on any atom is 0.127 e. The number of methoxy groups -OCH3 is 1. The topological polar surface area (TPSA) is 39.1 Å². The zero-order chi connectivity index (χ0) is 15.4. The summed E-state index contributed by atoms with van der Waals surface area (Å²) >= 11 is 0. The van der Waals surface area contributed by atoms with Gasteiger partial charge in [-0.15, -0.1) is 0 Å². The Bertz CT molecular complexity index is 616. The second-order valence-corrected chi connectivity index (χ2v) is 5.82. The summed E-state index contributed by atoms with van der Waals surface area (Å²) < 4.78 is 7.34. The van der Waals surface area contributed by atoms with Gasteiger partial charge in [0, 0.05) is 18.7 Å². The maximum absolute atomic E-state index is 5.21. The number of aromatic nitrogens is 2. The molecule has 0 spiro atoms. The largest absolute Gasteiger partial charge is 0.497 e. The van der Waals surface area contributed by atoms with Crippen molar-refractivity contribution in [2.75, 3.05) is 19.0 Å². The molecule has 1 aromatic carbocycles. The molecule has 1 aliphatic heterocycles. The highest BCUT2D eigenvalue weighted by Crippen LogP contribution is 2.26. The van der Waals surface area contributed by atoms with Gasteiger partial charge in [-0.25, -0.2) is 4.68 Å². The second kappa shape index (κ2) is 6.86. The lowest BCUT2D eigenvalue weighted by atomic mass is 10.0. The predicted molar refractivity (Wildman–Crippen MR) is 89.7 cm³/mol. The molecular formula is C18H25N3O. The molecule has 0 unspecified atom stereocenters. The van der Waals surface area contributed by atoms with Crippen molar-refractivity contribution < 1.29 is 4.74 Å². The minimum Gasteiger partial charge on any atom is -0.497 e. The van der Waals surface area contributed by atoms with E-state index in [1.165, 1.54) is 35.5 Å². The molecule has 0 fully saturated rings. The van der Waals surface area contributed by atoms with Crippen LogP contribution in [0.25, 0.3) is 0 Å². The lowest BCUT2D eigenvalue weighted by Gasteiger charge is -2.06. The van der Waals surface area contributed by atoms with Crippen LogP contribution in [0.5, 0.6) is 5.75 Å². The molecule has 4 heteroatoms. The summed E-state index contributed by atoms with van der Waals surface area (Å²) in [5.74, 6) is 2.17. The summed E-state index contributed by atoms with van der Waals surface area (Å²) in [6.45, 7) is 4.15. The Morgan fingerprint density at radius 3 is 2.73 bits per heavy atom. The molecule has 3 rings (SSSR count). The molecule has 0 bridgehead atoms. The van der Waals surface area contributed by atoms with E-state index in [1.807, 2.05) is 12.1 Å². The highest BCUT2D eigenvalue weighted by molar-refractivity contribution is 5.49. The van der Waals surface area contributed by atoms with Crippen molar-refractivity contribution >= 4 is 5.82 Å². The van der Waals surface area contributed by atoms with E-state index >= 15 is 0 Å². The van der Waals surface area contributed by atoms with Gasteiger partial charge in [0.25, 0.3) is 0 Å². The minimum atomic E-state index is 0.914. The highest BCUT2D eigenvalue weighted by atomic mass is 16.5. The first-order chi connectivity index (χ1) is 10.8. The Morgan fingerprint density at radius 1 is 1.18 bits per heavy atom. The van der Waals surface area contributed by atoms with Crippen LogP contribution in [0.1, 0.15) is 36.6 Å². The second-order valence-electron chi connectivity index (χ2n) is 5.82. The van der Waals surface area contributed by atoms with Crippen LogP contribution in [0.3, 0.4) is 0 Å². The number of hydrogen-bond donors (Lipinski definition) is 1. The van der Waals surface area contributed by atoms with Gasteiger partial charge >= 0.3 is 0 Å². The SMILES string of the molecule is CCn1nc(CCc2ccc(OC)cc2)c2c1NCCCC2. The van der Waals surface area contributed by atoms with Crippen LogP contribution in [0, 0.1) is 0 Å². The Hall–Kier alpha value is -1.97. The zero-order valence-corrected chi connectivity index (χ0v) is 13.6. The Balaban J connectivity index is 1.75. The Labute approximate surface area is 132 Å². The van der Waals surface area contributed by atoms with Crippen LogP contribution in [0.15, 0.2) is 24.3 Å². The van der Waals surface area contributed by atoms with Crippen molar-refractivity contribution in [2.45, 2.75) is 45.6 Å². The van der Waals surface area contributed by atoms with Crippen LogP contribution in [0.4, 0.5) is 5.82 Å². The third-order valence-corrected chi connectivity index (χ3v) is 4.39. The average molecular weight is 299 g/mol. The first-order valence-corrected chi connectivity index (χ1v) is 8.27. The normalized spacial score (nSPS) is 14.1. The van der Waals surface area contributed by atoms with E-state index in [4.69, 9.17) is 9.84 Å². The third-order valence-electron chi connectivity index (χ3n) is 4.39. The van der Waals surface area contributed by atoms with Crippen LogP contribution >= 0.6 is 0 Å². The van der Waals surface area contributed by atoms with E-state index in [1.54, 1.807) is 7.11 Å². The van der Waals surface area contributed by atoms with Crippen LogP contribution in [-0.2, 0) is 25.8 Å². The molecular weight excluding hydrogens is 274 g/mol. The number of ether oxygens (including phenoxy) is 1. The number of nitrogens with one attached hydrogen (secondary N) is 1. The maximum atomic E-state index is 5.21. The molecule has 2 heterocycles. The molecule has 1 N–H and O–H groups in total. The van der Waals surface area contributed by atoms with E-state index in [-0.39, 0.29) is 0 Å². The quantitative estimate of drug-likeness (QED) is 0.919. The summed E-state index contributed by atoms with van der Waals surface area (Å²) in [6.07, 6.45) is 5.68. The van der Waals surface area contributed by atoms with E-state index in [0.29, 0.717) is 0 Å². The first kappa shape index (κ1) is 14.9. The lowest BCUT2D eigenvalue weighted by Crippen LogP contribution is -2.07. The molecule has 1 aromatic heterocycles. The molecule has 0 saturated heterocycles. The summed E-state index contributed by atoms with van der Waals surface area (Å²) in [4.78, 5) is 0. The molecule has 1 aliphatic rings. The molecule has 4 nitrogen and oxygen atoms in total. The van der Waals surface area contributed by atoms with Crippen molar-refractivity contribution in [1.29, 1.82) is 0 Å². The van der Waals surface area contributed by atoms with Crippen molar-refractivity contribution in [3.05, 3.63) is 41.1 Å². The fraction of sp³-hybridized carbons (Fsp3) is 0.500. The number of benzene rings is 1. The van der Waals surface area contributed by atoms with Gasteiger partial charge in [0.1, 0.15) is 11.6 Å². The first-order valence-electron chi connectivity index (χ1n) is 8.27. The van der Waals surface area contributed by atoms with E-state index < -0.39 is 0 Å². The van der Waals surface area contributed by atoms with Gasteiger partial charge in [0.15, 0.2) is 0 Å². The third kappa shape index (κ3) is 3.11. The van der Waals surface area contributed by atoms with Crippen LogP contribution in [0.2, 0.25) is 0 Å². The van der Waals surface area contributed by atoms with Gasteiger partial charge in [-0.1, -0.05) is 12.1 Å². The minimum absolute atomic E-state index is 0.914. The molecule has 2 aromatic rings. The molecule has 0 aliphatic carbocycles. The number of fused-ring (bicyclic) bond motifs is 1. The summed E-state index contributed by atoms with van der Waals surface area (Å²) in [6, 6.07) is 8.35. The molecule has 0 amide bonds. The van der Waals surface area contributed by atoms with E-state index in [9.17, 15) is 0 Å². The van der Waals surface area contributed by atoms with Gasteiger partial charge in [-0.05, 0) is 56.7 Å². The van der Waals surface area contributed by atoms with Crippen molar-refractivity contribution in [3.63, 3.8) is 0 Å². The summed E-state index contributed by atoms with van der Waals surface area (Å²) in [5, 5.41) is 8.39. The number of rotatable bonds is 5. The Kier molecular flexibility index (Phi) is 4.66. The zero-order valence-electron chi connectivity index (χ0n) is 13.6. The number of aryl methyl sites for hydroxylation is 3. The van der Waals surface area contributed by atoms with Gasteiger partial charge in [-0.2, -0.15) is 5.10 Å². The highest BCUT2D eigenvalue weighted by Gasteiger charge is 2.18. The number of hydrogen-bond acceptors (Lipinski definition) is 3. The van der Waals surface area contributed by atoms with Gasteiger partial charge < -0.3 is 10.1 Å². The Morgan fingerprint density at radius 2 is 2.00 bits per heavy atom. The van der Waals surface area contributed by atoms with Gasteiger partial charge in [-0.3, -0.25) is 0 Å². The molecule has 0 saturated carbocycles. The van der Waals surface area contributed by atoms with E-state index in [2.05, 4.69) is 29.1 Å². The lowest BCUT2D eigenvalue weighted by molar-refractivity contribution is 0.414. The van der Waals surface area contributed by atoms with Gasteiger partial charge in [0.05, 0.1) is 12.8 Å². The molecule has 0 atom stereocenters. The van der Waals surface area contributed by atoms with Gasteiger partial charge in [0.2, 0.25) is 0 Å². The smallest absolute Gasteiger partial charge is 0.127 e. The fourth-order valence-electron chi connectivity index (χ4n) is 3.13. The predicted octanol–water partition coefficient (Wildman–Crippen LogP) is 3.45.